The lowest BCUT2D eigenvalue weighted by Crippen LogP contribution is -2.44. The third kappa shape index (κ3) is 3.44. The van der Waals surface area contributed by atoms with E-state index >= 15 is 0 Å². The molecule has 2 aromatic rings. The molecule has 8 heteroatoms. The van der Waals surface area contributed by atoms with Crippen LogP contribution in [0, 0.1) is 0 Å². The SMILES string of the molecule is O=C(NN1C(=O)C(=Cc2cccs2)SC1=S)c1cccc(O)c1. The molecule has 3 rings (SSSR count). The molecular weight excluding hydrogens is 352 g/mol. The van der Waals surface area contributed by atoms with Crippen LogP contribution in [-0.2, 0) is 4.79 Å². The minimum atomic E-state index is -0.519. The van der Waals surface area contributed by atoms with E-state index in [1.807, 2.05) is 17.5 Å². The maximum Gasteiger partial charge on any atom is 0.285 e. The highest BCUT2D eigenvalue weighted by Crippen LogP contribution is 2.32. The van der Waals surface area contributed by atoms with Gasteiger partial charge in [-0.05, 0) is 47.9 Å². The number of nitrogens with one attached hydrogen (secondary N) is 1. The summed E-state index contributed by atoms with van der Waals surface area (Å²) >= 11 is 7.79. The molecule has 0 aliphatic carbocycles. The van der Waals surface area contributed by atoms with Crippen LogP contribution in [0.4, 0.5) is 0 Å². The largest absolute Gasteiger partial charge is 0.508 e. The maximum absolute atomic E-state index is 12.4. The monoisotopic (exact) mass is 362 g/mol. The topological polar surface area (TPSA) is 69.6 Å². The normalized spacial score (nSPS) is 16.2. The molecule has 2 N–H and O–H groups in total. The van der Waals surface area contributed by atoms with Gasteiger partial charge in [0, 0.05) is 10.4 Å². The van der Waals surface area contributed by atoms with Gasteiger partial charge < -0.3 is 5.11 Å². The van der Waals surface area contributed by atoms with Crippen LogP contribution in [0.2, 0.25) is 0 Å². The Balaban J connectivity index is 1.77. The molecule has 0 spiro atoms. The van der Waals surface area contributed by atoms with Gasteiger partial charge in [-0.3, -0.25) is 15.0 Å². The first-order chi connectivity index (χ1) is 11.0. The van der Waals surface area contributed by atoms with Gasteiger partial charge in [0.2, 0.25) is 0 Å². The fraction of sp³-hybridized carbons (Fsp3) is 0. The Morgan fingerprint density at radius 3 is 2.83 bits per heavy atom. The summed E-state index contributed by atoms with van der Waals surface area (Å²) in [5.74, 6) is -0.919. The molecule has 2 heterocycles. The number of phenols is 1. The quantitative estimate of drug-likeness (QED) is 0.649. The Kier molecular flexibility index (Phi) is 4.46. The van der Waals surface area contributed by atoms with E-state index in [2.05, 4.69) is 5.43 Å². The van der Waals surface area contributed by atoms with Crippen molar-refractivity contribution in [3.8, 4) is 5.75 Å². The lowest BCUT2D eigenvalue weighted by atomic mass is 10.2. The molecule has 0 radical (unpaired) electrons. The van der Waals surface area contributed by atoms with Gasteiger partial charge in [0.15, 0.2) is 4.32 Å². The van der Waals surface area contributed by atoms with Crippen LogP contribution < -0.4 is 5.43 Å². The minimum absolute atomic E-state index is 0.0272. The van der Waals surface area contributed by atoms with Gasteiger partial charge in [0.05, 0.1) is 4.91 Å². The van der Waals surface area contributed by atoms with E-state index in [1.165, 1.54) is 29.5 Å². The highest BCUT2D eigenvalue weighted by atomic mass is 32.2. The second-order valence-corrected chi connectivity index (χ2v) is 7.18. The fourth-order valence-electron chi connectivity index (χ4n) is 1.88. The Hall–Kier alpha value is -2.16. The Labute approximate surface area is 145 Å². The van der Waals surface area contributed by atoms with Crippen molar-refractivity contribution < 1.29 is 14.7 Å². The van der Waals surface area contributed by atoms with Gasteiger partial charge in [0.1, 0.15) is 5.75 Å². The first-order valence-corrected chi connectivity index (χ1v) is 8.56. The van der Waals surface area contributed by atoms with Gasteiger partial charge in [-0.25, -0.2) is 0 Å². The maximum atomic E-state index is 12.4. The lowest BCUT2D eigenvalue weighted by molar-refractivity contribution is -0.123. The Bertz CT molecular complexity index is 815. The summed E-state index contributed by atoms with van der Waals surface area (Å²) in [6, 6.07) is 9.64. The van der Waals surface area contributed by atoms with Crippen molar-refractivity contribution in [2.45, 2.75) is 0 Å². The molecule has 0 saturated carbocycles. The summed E-state index contributed by atoms with van der Waals surface area (Å²) in [5.41, 5.74) is 2.70. The van der Waals surface area contributed by atoms with E-state index in [1.54, 1.807) is 12.1 Å². The van der Waals surface area contributed by atoms with Crippen LogP contribution in [0.3, 0.4) is 0 Å². The number of benzene rings is 1. The number of carbonyl (C=O) groups is 2. The number of hydrogen-bond acceptors (Lipinski definition) is 6. The summed E-state index contributed by atoms with van der Waals surface area (Å²) in [6.45, 7) is 0. The molecule has 2 amide bonds. The smallest absolute Gasteiger partial charge is 0.285 e. The summed E-state index contributed by atoms with van der Waals surface area (Å²) in [4.78, 5) is 25.9. The van der Waals surface area contributed by atoms with Crippen molar-refractivity contribution >= 4 is 57.5 Å². The van der Waals surface area contributed by atoms with Gasteiger partial charge in [-0.1, -0.05) is 23.9 Å². The third-order valence-electron chi connectivity index (χ3n) is 2.93. The fourth-order valence-corrected chi connectivity index (χ4v) is 3.78. The average Bonchev–Trinajstić information content (AvgIpc) is 3.12. The zero-order valence-corrected chi connectivity index (χ0v) is 14.0. The summed E-state index contributed by atoms with van der Waals surface area (Å²) < 4.78 is 0.256. The number of phenolic OH excluding ortho intramolecular Hbond substituents is 1. The molecule has 5 nitrogen and oxygen atoms in total. The summed E-state index contributed by atoms with van der Waals surface area (Å²) in [7, 11) is 0. The van der Waals surface area contributed by atoms with Crippen molar-refractivity contribution in [1.29, 1.82) is 0 Å². The third-order valence-corrected chi connectivity index (χ3v) is 5.05. The number of rotatable bonds is 3. The van der Waals surface area contributed by atoms with E-state index in [0.717, 1.165) is 21.6 Å². The van der Waals surface area contributed by atoms with Gasteiger partial charge in [-0.2, -0.15) is 5.01 Å². The molecular formula is C15H10N2O3S3. The first-order valence-electron chi connectivity index (χ1n) is 6.46. The van der Waals surface area contributed by atoms with E-state index in [-0.39, 0.29) is 21.5 Å². The first kappa shape index (κ1) is 15.7. The number of amides is 2. The molecule has 1 saturated heterocycles. The van der Waals surface area contributed by atoms with Crippen LogP contribution in [0.25, 0.3) is 6.08 Å². The van der Waals surface area contributed by atoms with Crippen LogP contribution in [0.1, 0.15) is 15.2 Å². The number of aromatic hydroxyl groups is 1. The Morgan fingerprint density at radius 2 is 2.13 bits per heavy atom. The molecule has 1 fully saturated rings. The van der Waals surface area contributed by atoms with Gasteiger partial charge in [0.25, 0.3) is 11.8 Å². The molecule has 0 atom stereocenters. The number of nitrogens with zero attached hydrogens (tertiary/aromatic N) is 1. The molecule has 1 aromatic carbocycles. The predicted octanol–water partition coefficient (Wildman–Crippen LogP) is 3.00. The zero-order valence-electron chi connectivity index (χ0n) is 11.6. The van der Waals surface area contributed by atoms with E-state index < -0.39 is 5.91 Å². The van der Waals surface area contributed by atoms with E-state index in [0.29, 0.717) is 4.91 Å². The number of hydrogen-bond donors (Lipinski definition) is 2. The van der Waals surface area contributed by atoms with Gasteiger partial charge in [-0.15, -0.1) is 11.3 Å². The summed E-state index contributed by atoms with van der Waals surface area (Å²) in [6.07, 6.45) is 1.74. The minimum Gasteiger partial charge on any atom is -0.508 e. The summed E-state index contributed by atoms with van der Waals surface area (Å²) in [5, 5.41) is 12.4. The molecule has 0 unspecified atom stereocenters. The number of carbonyl (C=O) groups excluding carboxylic acids is 2. The van der Waals surface area contributed by atoms with Crippen molar-refractivity contribution in [3.05, 3.63) is 57.1 Å². The molecule has 116 valence electrons. The zero-order chi connectivity index (χ0) is 16.4. The van der Waals surface area contributed by atoms with Gasteiger partial charge >= 0.3 is 0 Å². The van der Waals surface area contributed by atoms with E-state index in [9.17, 15) is 14.7 Å². The molecule has 1 aliphatic heterocycles. The molecule has 1 aliphatic rings. The predicted molar refractivity (Wildman–Crippen MR) is 94.9 cm³/mol. The second-order valence-electron chi connectivity index (χ2n) is 4.52. The van der Waals surface area contributed by atoms with Crippen LogP contribution in [0.15, 0.2) is 46.7 Å². The van der Waals surface area contributed by atoms with Crippen LogP contribution in [0.5, 0.6) is 5.75 Å². The average molecular weight is 362 g/mol. The molecule has 0 bridgehead atoms. The number of thioether (sulfide) groups is 1. The number of thiocarbonyl (C=S) groups is 1. The molecule has 23 heavy (non-hydrogen) atoms. The van der Waals surface area contributed by atoms with Crippen LogP contribution in [-0.4, -0.2) is 26.3 Å². The van der Waals surface area contributed by atoms with Crippen molar-refractivity contribution in [1.82, 2.24) is 10.4 Å². The van der Waals surface area contributed by atoms with Crippen molar-refractivity contribution in [3.63, 3.8) is 0 Å². The number of thiophene rings is 1. The highest BCUT2D eigenvalue weighted by Gasteiger charge is 2.33. The second kappa shape index (κ2) is 6.53. The van der Waals surface area contributed by atoms with E-state index in [4.69, 9.17) is 12.2 Å². The number of hydrazine groups is 1. The van der Waals surface area contributed by atoms with Crippen molar-refractivity contribution in [2.75, 3.05) is 0 Å². The Morgan fingerprint density at radius 1 is 1.30 bits per heavy atom. The van der Waals surface area contributed by atoms with Crippen molar-refractivity contribution in [2.24, 2.45) is 0 Å². The standard InChI is InChI=1S/C15H10N2O3S3/c18-10-4-1-3-9(7-10)13(19)16-17-14(20)12(23-15(17)21)8-11-5-2-6-22-11/h1-8,18H,(H,16,19). The highest BCUT2D eigenvalue weighted by molar-refractivity contribution is 8.26. The lowest BCUT2D eigenvalue weighted by Gasteiger charge is -2.15. The molecule has 1 aromatic heterocycles. The van der Waals surface area contributed by atoms with Crippen LogP contribution >= 0.6 is 35.3 Å².